The van der Waals surface area contributed by atoms with Crippen molar-refractivity contribution in [3.05, 3.63) is 41.6 Å². The van der Waals surface area contributed by atoms with Crippen molar-refractivity contribution in [1.82, 2.24) is 15.1 Å². The highest BCUT2D eigenvalue weighted by molar-refractivity contribution is 5.93. The Labute approximate surface area is 131 Å². The number of amides is 1. The zero-order valence-electron chi connectivity index (χ0n) is 12.5. The molecule has 0 unspecified atom stereocenters. The molecule has 1 N–H and O–H groups in total. The molecule has 1 aromatic heterocycles. The molecular weight excluding hydrogens is 307 g/mol. The first-order valence-electron chi connectivity index (χ1n) is 7.45. The third-order valence-corrected chi connectivity index (χ3v) is 3.71. The maximum atomic E-state index is 12.9. The van der Waals surface area contributed by atoms with Crippen molar-refractivity contribution in [3.63, 3.8) is 0 Å². The van der Waals surface area contributed by atoms with Gasteiger partial charge in [-0.2, -0.15) is 18.3 Å². The van der Waals surface area contributed by atoms with Gasteiger partial charge >= 0.3 is 6.18 Å². The molecule has 0 radical (unpaired) electrons. The maximum Gasteiger partial charge on any atom is 0.416 e. The van der Waals surface area contributed by atoms with Crippen LogP contribution in [0.4, 0.5) is 13.2 Å². The third-order valence-electron chi connectivity index (χ3n) is 3.71. The van der Waals surface area contributed by atoms with Crippen LogP contribution >= 0.6 is 0 Å². The average molecular weight is 323 g/mol. The molecule has 0 atom stereocenters. The summed E-state index contributed by atoms with van der Waals surface area (Å²) in [6.45, 7) is 2.29. The number of nitrogens with one attached hydrogen (secondary N) is 1. The Morgan fingerprint density at radius 3 is 2.70 bits per heavy atom. The lowest BCUT2D eigenvalue weighted by atomic mass is 10.1. The first-order valence-corrected chi connectivity index (χ1v) is 7.45. The number of carbonyl (C=O) groups excluding carboxylic acids is 1. The lowest BCUT2D eigenvalue weighted by molar-refractivity contribution is -0.137. The first-order chi connectivity index (χ1) is 10.9. The molecule has 122 valence electrons. The van der Waals surface area contributed by atoms with Gasteiger partial charge in [-0.3, -0.25) is 9.48 Å². The van der Waals surface area contributed by atoms with Crippen LogP contribution in [0.3, 0.4) is 0 Å². The lowest BCUT2D eigenvalue weighted by Crippen LogP contribution is -2.25. The molecule has 1 saturated carbocycles. The van der Waals surface area contributed by atoms with E-state index in [0.717, 1.165) is 25.0 Å². The minimum Gasteiger partial charge on any atom is -0.348 e. The number of hydrogen-bond donors (Lipinski definition) is 1. The number of benzene rings is 1. The van der Waals surface area contributed by atoms with E-state index in [-0.39, 0.29) is 17.6 Å². The monoisotopic (exact) mass is 323 g/mol. The summed E-state index contributed by atoms with van der Waals surface area (Å²) in [6, 6.07) is 6.78. The smallest absolute Gasteiger partial charge is 0.348 e. The second-order valence-corrected chi connectivity index (χ2v) is 5.56. The second kappa shape index (κ2) is 5.72. The van der Waals surface area contributed by atoms with Gasteiger partial charge in [-0.15, -0.1) is 0 Å². The molecular formula is C16H16F3N3O. The van der Waals surface area contributed by atoms with Gasteiger partial charge in [0.15, 0.2) is 5.69 Å². The molecule has 0 aliphatic heterocycles. The number of halogens is 3. The van der Waals surface area contributed by atoms with E-state index in [1.54, 1.807) is 6.07 Å². The Hall–Kier alpha value is -2.31. The van der Waals surface area contributed by atoms with Gasteiger partial charge in [0.25, 0.3) is 5.91 Å². The molecule has 1 aliphatic carbocycles. The van der Waals surface area contributed by atoms with Crippen molar-refractivity contribution in [3.8, 4) is 11.3 Å². The van der Waals surface area contributed by atoms with Gasteiger partial charge < -0.3 is 5.32 Å². The summed E-state index contributed by atoms with van der Waals surface area (Å²) < 4.78 is 40.1. The number of rotatable bonds is 4. The zero-order valence-corrected chi connectivity index (χ0v) is 12.5. The highest BCUT2D eigenvalue weighted by Crippen LogP contribution is 2.32. The Bertz CT molecular complexity index is 732. The van der Waals surface area contributed by atoms with Crippen LogP contribution in [0.5, 0.6) is 0 Å². The van der Waals surface area contributed by atoms with Gasteiger partial charge in [0, 0.05) is 18.2 Å². The van der Waals surface area contributed by atoms with Gasteiger partial charge in [-0.1, -0.05) is 12.1 Å². The summed E-state index contributed by atoms with van der Waals surface area (Å²) in [5.41, 5.74) is 0.396. The molecule has 0 spiro atoms. The van der Waals surface area contributed by atoms with Gasteiger partial charge in [0.1, 0.15) is 0 Å². The number of alkyl halides is 3. The van der Waals surface area contributed by atoms with E-state index in [4.69, 9.17) is 0 Å². The van der Waals surface area contributed by atoms with Crippen LogP contribution in [0.2, 0.25) is 0 Å². The predicted octanol–water partition coefficient (Wildman–Crippen LogP) is 3.48. The highest BCUT2D eigenvalue weighted by atomic mass is 19.4. The van der Waals surface area contributed by atoms with Gasteiger partial charge in [-0.25, -0.2) is 0 Å². The fourth-order valence-corrected chi connectivity index (χ4v) is 2.34. The summed E-state index contributed by atoms with van der Waals surface area (Å²) in [7, 11) is 0. The Morgan fingerprint density at radius 2 is 2.09 bits per heavy atom. The van der Waals surface area contributed by atoms with Crippen LogP contribution in [-0.4, -0.2) is 21.7 Å². The van der Waals surface area contributed by atoms with E-state index in [9.17, 15) is 18.0 Å². The number of carbonyl (C=O) groups is 1. The molecule has 0 bridgehead atoms. The summed E-state index contributed by atoms with van der Waals surface area (Å²) in [4.78, 5) is 12.1. The SMILES string of the molecule is CCn1nc(C(=O)NC2CC2)cc1-c1cccc(C(F)(F)F)c1. The van der Waals surface area contributed by atoms with Gasteiger partial charge in [0.05, 0.1) is 11.3 Å². The third kappa shape index (κ3) is 3.38. The molecule has 3 rings (SSSR count). The topological polar surface area (TPSA) is 46.9 Å². The Balaban J connectivity index is 1.95. The molecule has 7 heteroatoms. The highest BCUT2D eigenvalue weighted by Gasteiger charge is 2.31. The van der Waals surface area contributed by atoms with E-state index in [1.165, 1.54) is 16.8 Å². The zero-order chi connectivity index (χ0) is 16.6. The molecule has 1 fully saturated rings. The van der Waals surface area contributed by atoms with Gasteiger partial charge in [0.2, 0.25) is 0 Å². The first kappa shape index (κ1) is 15.6. The number of hydrogen-bond acceptors (Lipinski definition) is 2. The van der Waals surface area contributed by atoms with E-state index in [1.807, 2.05) is 6.92 Å². The average Bonchev–Trinajstić information content (AvgIpc) is 3.21. The van der Waals surface area contributed by atoms with E-state index >= 15 is 0 Å². The Kier molecular flexibility index (Phi) is 3.87. The molecule has 1 aliphatic rings. The van der Waals surface area contributed by atoms with E-state index in [2.05, 4.69) is 10.4 Å². The van der Waals surface area contributed by atoms with Crippen molar-refractivity contribution in [2.45, 2.75) is 38.5 Å². The van der Waals surface area contributed by atoms with Crippen LogP contribution in [0, 0.1) is 0 Å². The quantitative estimate of drug-likeness (QED) is 0.936. The molecule has 1 aromatic carbocycles. The van der Waals surface area contributed by atoms with Crippen LogP contribution in [0.25, 0.3) is 11.3 Å². The summed E-state index contributed by atoms with van der Waals surface area (Å²) in [5.74, 6) is -0.284. The van der Waals surface area contributed by atoms with Crippen molar-refractivity contribution in [1.29, 1.82) is 0 Å². The predicted molar refractivity (Wildman–Crippen MR) is 78.8 cm³/mol. The standard InChI is InChI=1S/C16H16F3N3O/c1-2-22-14(9-13(21-22)15(23)20-12-6-7-12)10-4-3-5-11(8-10)16(17,18)19/h3-5,8-9,12H,2,6-7H2,1H3,(H,20,23). The second-order valence-electron chi connectivity index (χ2n) is 5.56. The summed E-state index contributed by atoms with van der Waals surface area (Å²) in [6.07, 6.45) is -2.49. The molecule has 0 saturated heterocycles. The van der Waals surface area contributed by atoms with Crippen LogP contribution in [-0.2, 0) is 12.7 Å². The molecule has 23 heavy (non-hydrogen) atoms. The fourth-order valence-electron chi connectivity index (χ4n) is 2.34. The van der Waals surface area contributed by atoms with E-state index in [0.29, 0.717) is 17.8 Å². The van der Waals surface area contributed by atoms with Crippen molar-refractivity contribution in [2.75, 3.05) is 0 Å². The maximum absolute atomic E-state index is 12.9. The van der Waals surface area contributed by atoms with Crippen LogP contribution in [0.15, 0.2) is 30.3 Å². The van der Waals surface area contributed by atoms with Crippen LogP contribution < -0.4 is 5.32 Å². The fraction of sp³-hybridized carbons (Fsp3) is 0.375. The minimum atomic E-state index is -4.40. The molecule has 2 aromatic rings. The van der Waals surface area contributed by atoms with Crippen molar-refractivity contribution in [2.24, 2.45) is 0 Å². The largest absolute Gasteiger partial charge is 0.416 e. The molecule has 1 amide bonds. The molecule has 1 heterocycles. The minimum absolute atomic E-state index is 0.200. The number of aryl methyl sites for hydroxylation is 1. The number of aromatic nitrogens is 2. The van der Waals surface area contributed by atoms with Gasteiger partial charge in [-0.05, 0) is 38.0 Å². The summed E-state index contributed by atoms with van der Waals surface area (Å²) in [5, 5.41) is 7.03. The Morgan fingerprint density at radius 1 is 1.35 bits per heavy atom. The van der Waals surface area contributed by atoms with Crippen LogP contribution in [0.1, 0.15) is 35.8 Å². The normalized spacial score (nSPS) is 14.8. The number of nitrogens with zero attached hydrogens (tertiary/aromatic N) is 2. The summed E-state index contributed by atoms with van der Waals surface area (Å²) >= 11 is 0. The van der Waals surface area contributed by atoms with Crippen molar-refractivity contribution < 1.29 is 18.0 Å². The van der Waals surface area contributed by atoms with E-state index < -0.39 is 11.7 Å². The lowest BCUT2D eigenvalue weighted by Gasteiger charge is -2.09. The molecule has 4 nitrogen and oxygen atoms in total. The van der Waals surface area contributed by atoms with Crippen molar-refractivity contribution >= 4 is 5.91 Å².